The number of rotatable bonds is 9. The Bertz CT molecular complexity index is 870. The number of fused-ring (bicyclic) bond motifs is 1. The second-order valence-corrected chi connectivity index (χ2v) is 6.86. The zero-order valence-electron chi connectivity index (χ0n) is 15.7. The van der Waals surface area contributed by atoms with Crippen LogP contribution >= 0.6 is 0 Å². The molecule has 1 aromatic heterocycles. The highest BCUT2D eigenvalue weighted by molar-refractivity contribution is 5.84. The van der Waals surface area contributed by atoms with Gasteiger partial charge in [-0.15, -0.1) is 0 Å². The topological polar surface area (TPSA) is 109 Å². The number of ether oxygens (including phenoxy) is 1. The minimum Gasteiger partial charge on any atom is -0.548 e. The molecule has 1 N–H and O–H groups in total. The summed E-state index contributed by atoms with van der Waals surface area (Å²) in [6.45, 7) is 5.38. The lowest BCUT2D eigenvalue weighted by molar-refractivity contribution is -0.308. The van der Waals surface area contributed by atoms with Crippen LogP contribution in [0.25, 0.3) is 11.0 Å². The van der Waals surface area contributed by atoms with Gasteiger partial charge in [0.05, 0.1) is 12.0 Å². The van der Waals surface area contributed by atoms with Gasteiger partial charge in [0.2, 0.25) is 0 Å². The van der Waals surface area contributed by atoms with Crippen LogP contribution in [0, 0.1) is 5.92 Å². The first-order valence-corrected chi connectivity index (χ1v) is 9.00. The third-order valence-electron chi connectivity index (χ3n) is 4.02. The predicted molar refractivity (Wildman–Crippen MR) is 98.4 cm³/mol. The van der Waals surface area contributed by atoms with Crippen molar-refractivity contribution in [2.24, 2.45) is 5.92 Å². The zero-order chi connectivity index (χ0) is 20.0. The highest BCUT2D eigenvalue weighted by atomic mass is 16.5. The minimum atomic E-state index is -1.33. The number of hydrogen-bond acceptors (Lipinski definition) is 6. The Morgan fingerprint density at radius 1 is 1.26 bits per heavy atom. The molecule has 0 spiro atoms. The summed E-state index contributed by atoms with van der Waals surface area (Å²) in [5, 5.41) is 14.3. The van der Waals surface area contributed by atoms with Gasteiger partial charge in [0, 0.05) is 17.5 Å². The van der Waals surface area contributed by atoms with E-state index in [-0.39, 0.29) is 18.9 Å². The molecular formula is C20H24NO6-. The quantitative estimate of drug-likeness (QED) is 0.665. The fraction of sp³-hybridized carbons (Fsp3) is 0.450. The fourth-order valence-corrected chi connectivity index (χ4v) is 2.85. The first-order valence-electron chi connectivity index (χ1n) is 9.00. The Hall–Kier alpha value is -2.83. The van der Waals surface area contributed by atoms with Gasteiger partial charge in [0.1, 0.15) is 11.3 Å². The van der Waals surface area contributed by atoms with Crippen molar-refractivity contribution in [2.75, 3.05) is 6.61 Å². The second-order valence-electron chi connectivity index (χ2n) is 6.86. The first kappa shape index (κ1) is 20.5. The molecule has 7 nitrogen and oxygen atoms in total. The van der Waals surface area contributed by atoms with E-state index < -0.39 is 23.5 Å². The molecule has 2 aromatic rings. The van der Waals surface area contributed by atoms with Gasteiger partial charge in [0.15, 0.2) is 6.61 Å². The third-order valence-corrected chi connectivity index (χ3v) is 4.02. The van der Waals surface area contributed by atoms with Crippen molar-refractivity contribution in [2.45, 2.75) is 46.1 Å². The van der Waals surface area contributed by atoms with Crippen molar-refractivity contribution in [3.8, 4) is 5.75 Å². The number of aryl methyl sites for hydroxylation is 1. The Labute approximate surface area is 157 Å². The van der Waals surface area contributed by atoms with Crippen LogP contribution < -0.4 is 20.8 Å². The molecule has 146 valence electrons. The van der Waals surface area contributed by atoms with Gasteiger partial charge < -0.3 is 24.4 Å². The summed E-state index contributed by atoms with van der Waals surface area (Å²) in [7, 11) is 0. The lowest BCUT2D eigenvalue weighted by atomic mass is 10.0. The molecule has 1 aromatic carbocycles. The van der Waals surface area contributed by atoms with Gasteiger partial charge in [-0.1, -0.05) is 27.2 Å². The van der Waals surface area contributed by atoms with E-state index in [1.54, 1.807) is 18.2 Å². The number of amides is 1. The molecule has 0 aliphatic heterocycles. The summed E-state index contributed by atoms with van der Waals surface area (Å²) in [6.07, 6.45) is 1.92. The minimum absolute atomic E-state index is 0.0924. The maximum Gasteiger partial charge on any atom is 0.336 e. The van der Waals surface area contributed by atoms with Crippen LogP contribution in [0.2, 0.25) is 0 Å². The summed E-state index contributed by atoms with van der Waals surface area (Å²) >= 11 is 0. The third kappa shape index (κ3) is 5.84. The Balaban J connectivity index is 2.07. The summed E-state index contributed by atoms with van der Waals surface area (Å²) in [5.74, 6) is -1.45. The van der Waals surface area contributed by atoms with Crippen LogP contribution in [-0.2, 0) is 16.0 Å². The number of benzene rings is 1. The maximum absolute atomic E-state index is 12.0. The average Bonchev–Trinajstić information content (AvgIpc) is 2.58. The number of nitrogens with one attached hydrogen (secondary N) is 1. The summed E-state index contributed by atoms with van der Waals surface area (Å²) in [6, 6.07) is 5.42. The van der Waals surface area contributed by atoms with E-state index in [4.69, 9.17) is 9.15 Å². The van der Waals surface area contributed by atoms with Crippen LogP contribution in [0.4, 0.5) is 0 Å². The van der Waals surface area contributed by atoms with Gasteiger partial charge in [-0.05, 0) is 36.5 Å². The molecule has 27 heavy (non-hydrogen) atoms. The van der Waals surface area contributed by atoms with Crippen LogP contribution in [0.5, 0.6) is 5.75 Å². The van der Waals surface area contributed by atoms with Crippen LogP contribution in [-0.4, -0.2) is 24.5 Å². The van der Waals surface area contributed by atoms with E-state index in [2.05, 4.69) is 5.32 Å². The normalized spacial score (nSPS) is 12.1. The Kier molecular flexibility index (Phi) is 6.98. The van der Waals surface area contributed by atoms with Crippen molar-refractivity contribution in [1.82, 2.24) is 5.32 Å². The van der Waals surface area contributed by atoms with Crippen molar-refractivity contribution in [3.05, 3.63) is 40.2 Å². The summed E-state index contributed by atoms with van der Waals surface area (Å²) in [5.41, 5.74) is 0.848. The second kappa shape index (κ2) is 9.21. The van der Waals surface area contributed by atoms with E-state index in [0.717, 1.165) is 23.8 Å². The summed E-state index contributed by atoms with van der Waals surface area (Å²) in [4.78, 5) is 34.8. The first-order chi connectivity index (χ1) is 12.8. The number of hydrogen-bond donors (Lipinski definition) is 1. The standard InChI is InChI=1S/C20H25NO6/c1-4-5-13-9-19(23)27-17-10-14(6-7-15(13)17)26-11-18(22)21-16(20(24)25)8-12(2)3/h6-7,9-10,12,16H,4-5,8,11H2,1-3H3,(H,21,22)(H,24,25)/p-1/t16-/m0/s1. The number of aliphatic carboxylic acids is 1. The molecule has 0 aliphatic carbocycles. The van der Waals surface area contributed by atoms with Crippen LogP contribution in [0.15, 0.2) is 33.5 Å². The molecule has 7 heteroatoms. The fourth-order valence-electron chi connectivity index (χ4n) is 2.85. The number of carboxylic acids is 1. The molecule has 0 aliphatic rings. The summed E-state index contributed by atoms with van der Waals surface area (Å²) < 4.78 is 10.6. The molecule has 2 rings (SSSR count). The van der Waals surface area contributed by atoms with E-state index >= 15 is 0 Å². The van der Waals surface area contributed by atoms with Gasteiger partial charge in [-0.3, -0.25) is 4.79 Å². The van der Waals surface area contributed by atoms with Crippen molar-refractivity contribution in [1.29, 1.82) is 0 Å². The monoisotopic (exact) mass is 374 g/mol. The lowest BCUT2D eigenvalue weighted by Crippen LogP contribution is -2.49. The molecular weight excluding hydrogens is 350 g/mol. The Morgan fingerprint density at radius 2 is 2.00 bits per heavy atom. The van der Waals surface area contributed by atoms with E-state index in [0.29, 0.717) is 11.3 Å². The molecule has 1 heterocycles. The molecule has 0 saturated heterocycles. The maximum atomic E-state index is 12.0. The van der Waals surface area contributed by atoms with Crippen molar-refractivity contribution >= 4 is 22.8 Å². The van der Waals surface area contributed by atoms with E-state index in [1.807, 2.05) is 20.8 Å². The van der Waals surface area contributed by atoms with E-state index in [1.165, 1.54) is 6.07 Å². The molecule has 0 fully saturated rings. The number of carbonyl (C=O) groups excluding carboxylic acids is 2. The highest BCUT2D eigenvalue weighted by Crippen LogP contribution is 2.23. The molecule has 0 radical (unpaired) electrons. The molecule has 1 amide bonds. The van der Waals surface area contributed by atoms with Crippen molar-refractivity contribution < 1.29 is 23.8 Å². The average molecular weight is 374 g/mol. The highest BCUT2D eigenvalue weighted by Gasteiger charge is 2.15. The number of carboxylic acid groups (broad SMARTS) is 1. The zero-order valence-corrected chi connectivity index (χ0v) is 15.7. The molecule has 0 bridgehead atoms. The van der Waals surface area contributed by atoms with Crippen LogP contribution in [0.3, 0.4) is 0 Å². The molecule has 1 atom stereocenters. The lowest BCUT2D eigenvalue weighted by Gasteiger charge is -2.21. The number of carbonyl (C=O) groups is 2. The van der Waals surface area contributed by atoms with Gasteiger partial charge >= 0.3 is 5.63 Å². The molecule has 0 saturated carbocycles. The van der Waals surface area contributed by atoms with Gasteiger partial charge in [-0.25, -0.2) is 4.79 Å². The SMILES string of the molecule is CCCc1cc(=O)oc2cc(OCC(=O)N[C@@H](CC(C)C)C(=O)[O-])ccc12. The predicted octanol–water partition coefficient (Wildman–Crippen LogP) is 1.41. The van der Waals surface area contributed by atoms with Crippen molar-refractivity contribution in [3.63, 3.8) is 0 Å². The van der Waals surface area contributed by atoms with Gasteiger partial charge in [0.25, 0.3) is 5.91 Å². The van der Waals surface area contributed by atoms with Crippen LogP contribution in [0.1, 0.15) is 39.2 Å². The smallest absolute Gasteiger partial charge is 0.336 e. The van der Waals surface area contributed by atoms with E-state index in [9.17, 15) is 19.5 Å². The van der Waals surface area contributed by atoms with Gasteiger partial charge in [-0.2, -0.15) is 0 Å². The largest absolute Gasteiger partial charge is 0.548 e. The molecule has 0 unspecified atom stereocenters. The Morgan fingerprint density at radius 3 is 2.63 bits per heavy atom.